The van der Waals surface area contributed by atoms with Gasteiger partial charge in [0, 0.05) is 19.3 Å². The van der Waals surface area contributed by atoms with Gasteiger partial charge in [0.1, 0.15) is 13.2 Å². The quantitative estimate of drug-likeness (QED) is 0.0199. The van der Waals surface area contributed by atoms with E-state index in [0.29, 0.717) is 19.3 Å². The summed E-state index contributed by atoms with van der Waals surface area (Å²) >= 11 is 0. The van der Waals surface area contributed by atoms with E-state index in [9.17, 15) is 14.4 Å². The Morgan fingerprint density at radius 1 is 0.309 bits per heavy atom. The lowest BCUT2D eigenvalue weighted by molar-refractivity contribution is -0.167. The molecule has 0 aliphatic rings. The van der Waals surface area contributed by atoms with Gasteiger partial charge in [0.05, 0.1) is 0 Å². The van der Waals surface area contributed by atoms with Crippen molar-refractivity contribution in [3.63, 3.8) is 0 Å². The number of carbonyl (C=O) groups is 3. The van der Waals surface area contributed by atoms with E-state index in [0.717, 1.165) is 83.5 Å². The number of allylic oxidation sites excluding steroid dienone is 10. The van der Waals surface area contributed by atoms with Gasteiger partial charge in [0.2, 0.25) is 0 Å². The van der Waals surface area contributed by atoms with Crippen molar-refractivity contribution in [1.82, 2.24) is 0 Å². The van der Waals surface area contributed by atoms with E-state index in [1.807, 2.05) is 0 Å². The Morgan fingerprint density at radius 2 is 0.588 bits per heavy atom. The van der Waals surface area contributed by atoms with Crippen molar-refractivity contribution in [2.75, 3.05) is 13.2 Å². The molecule has 0 aromatic carbocycles. The van der Waals surface area contributed by atoms with E-state index in [1.165, 1.54) is 173 Å². The largest absolute Gasteiger partial charge is 0.462 e. The minimum atomic E-state index is -0.785. The molecule has 6 heteroatoms. The maximum Gasteiger partial charge on any atom is 0.306 e. The molecule has 6 nitrogen and oxygen atoms in total. The molecular weight excluding hydrogens is 841 g/mol. The molecular formula is C62H110O6. The van der Waals surface area contributed by atoms with Crippen LogP contribution in [0.3, 0.4) is 0 Å². The lowest BCUT2D eigenvalue weighted by atomic mass is 10.1. The number of unbranched alkanes of at least 4 members (excludes halogenated alkanes) is 34. The first kappa shape index (κ1) is 65.1. The lowest BCUT2D eigenvalue weighted by Crippen LogP contribution is -2.30. The predicted molar refractivity (Wildman–Crippen MR) is 293 cm³/mol. The maximum absolute atomic E-state index is 12.9. The normalized spacial score (nSPS) is 12.5. The van der Waals surface area contributed by atoms with Gasteiger partial charge in [-0.3, -0.25) is 14.4 Å². The number of carbonyl (C=O) groups excluding carboxylic acids is 3. The zero-order valence-electron chi connectivity index (χ0n) is 45.1. The van der Waals surface area contributed by atoms with Gasteiger partial charge in [0.25, 0.3) is 0 Å². The first-order chi connectivity index (χ1) is 33.5. The van der Waals surface area contributed by atoms with Gasteiger partial charge >= 0.3 is 17.9 Å². The van der Waals surface area contributed by atoms with Crippen molar-refractivity contribution < 1.29 is 28.6 Å². The van der Waals surface area contributed by atoms with Crippen LogP contribution in [0.1, 0.15) is 297 Å². The van der Waals surface area contributed by atoms with E-state index in [2.05, 4.69) is 81.5 Å². The van der Waals surface area contributed by atoms with Gasteiger partial charge in [-0.1, -0.05) is 248 Å². The first-order valence-corrected chi connectivity index (χ1v) is 29.3. The summed E-state index contributed by atoms with van der Waals surface area (Å²) < 4.78 is 16.9. The second kappa shape index (κ2) is 56.7. The number of hydrogen-bond donors (Lipinski definition) is 0. The highest BCUT2D eigenvalue weighted by Crippen LogP contribution is 2.16. The number of ether oxygens (including phenoxy) is 3. The Bertz CT molecular complexity index is 1230. The number of esters is 3. The van der Waals surface area contributed by atoms with Gasteiger partial charge in [-0.25, -0.2) is 0 Å². The monoisotopic (exact) mass is 951 g/mol. The maximum atomic E-state index is 12.9. The predicted octanol–water partition coefficient (Wildman–Crippen LogP) is 19.6. The van der Waals surface area contributed by atoms with Crippen LogP contribution in [-0.2, 0) is 28.6 Å². The summed E-state index contributed by atoms with van der Waals surface area (Å²) in [5.41, 5.74) is 0. The summed E-state index contributed by atoms with van der Waals surface area (Å²) in [5.74, 6) is -0.896. The summed E-state index contributed by atoms with van der Waals surface area (Å²) in [4.78, 5) is 38.2. The highest BCUT2D eigenvalue weighted by Gasteiger charge is 2.19. The fraction of sp³-hybridized carbons (Fsp3) is 0.790. The molecule has 0 saturated heterocycles. The molecule has 0 radical (unpaired) electrons. The zero-order valence-corrected chi connectivity index (χ0v) is 45.1. The smallest absolute Gasteiger partial charge is 0.306 e. The molecule has 1 unspecified atom stereocenters. The molecule has 0 aromatic heterocycles. The zero-order chi connectivity index (χ0) is 49.3. The Kier molecular flexibility index (Phi) is 54.3. The topological polar surface area (TPSA) is 78.9 Å². The van der Waals surface area contributed by atoms with E-state index >= 15 is 0 Å². The van der Waals surface area contributed by atoms with Gasteiger partial charge in [0.15, 0.2) is 6.10 Å². The van der Waals surface area contributed by atoms with E-state index < -0.39 is 6.10 Å². The molecule has 0 amide bonds. The van der Waals surface area contributed by atoms with Gasteiger partial charge in [-0.2, -0.15) is 0 Å². The summed E-state index contributed by atoms with van der Waals surface area (Å²) in [6.45, 7) is 6.52. The van der Waals surface area contributed by atoms with Gasteiger partial charge in [-0.15, -0.1) is 0 Å². The third kappa shape index (κ3) is 54.1. The van der Waals surface area contributed by atoms with Crippen molar-refractivity contribution in [1.29, 1.82) is 0 Å². The Morgan fingerprint density at radius 3 is 0.926 bits per heavy atom. The van der Waals surface area contributed by atoms with Crippen LogP contribution in [0.15, 0.2) is 60.8 Å². The van der Waals surface area contributed by atoms with Crippen LogP contribution >= 0.6 is 0 Å². The van der Waals surface area contributed by atoms with Crippen LogP contribution in [-0.4, -0.2) is 37.2 Å². The molecule has 394 valence electrons. The Labute approximate surface area is 421 Å². The molecule has 0 bridgehead atoms. The fourth-order valence-electron chi connectivity index (χ4n) is 8.37. The van der Waals surface area contributed by atoms with Crippen LogP contribution in [0.4, 0.5) is 0 Å². The first-order valence-electron chi connectivity index (χ1n) is 29.3. The van der Waals surface area contributed by atoms with Crippen LogP contribution in [0, 0.1) is 0 Å². The third-order valence-corrected chi connectivity index (χ3v) is 12.8. The van der Waals surface area contributed by atoms with E-state index in [4.69, 9.17) is 14.2 Å². The summed E-state index contributed by atoms with van der Waals surface area (Å²) in [6.07, 6.45) is 70.7. The minimum absolute atomic E-state index is 0.0826. The van der Waals surface area contributed by atoms with Crippen molar-refractivity contribution in [2.24, 2.45) is 0 Å². The molecule has 1 atom stereocenters. The molecule has 68 heavy (non-hydrogen) atoms. The average Bonchev–Trinajstić information content (AvgIpc) is 3.34. The van der Waals surface area contributed by atoms with Crippen molar-refractivity contribution >= 4 is 17.9 Å². The molecule has 0 fully saturated rings. The van der Waals surface area contributed by atoms with Crippen molar-refractivity contribution in [2.45, 2.75) is 303 Å². The van der Waals surface area contributed by atoms with Crippen molar-refractivity contribution in [3.8, 4) is 0 Å². The van der Waals surface area contributed by atoms with Crippen LogP contribution in [0.25, 0.3) is 0 Å². The second-order valence-electron chi connectivity index (χ2n) is 19.6. The van der Waals surface area contributed by atoms with Crippen LogP contribution < -0.4 is 0 Å². The highest BCUT2D eigenvalue weighted by atomic mass is 16.6. The average molecular weight is 952 g/mol. The van der Waals surface area contributed by atoms with Crippen molar-refractivity contribution in [3.05, 3.63) is 60.8 Å². The van der Waals surface area contributed by atoms with E-state index in [1.54, 1.807) is 0 Å². The molecule has 0 aromatic rings. The Hall–Kier alpha value is -2.89. The Balaban J connectivity index is 4.38. The van der Waals surface area contributed by atoms with Crippen LogP contribution in [0.5, 0.6) is 0 Å². The molecule has 0 saturated carbocycles. The molecule has 0 aliphatic carbocycles. The molecule has 0 rings (SSSR count). The standard InChI is InChI=1S/C62H110O6/c1-4-7-10-13-16-19-22-25-28-30-31-32-35-37-40-43-46-49-52-55-61(64)67-58-59(57-66-60(63)54-51-48-45-42-39-36-33-27-24-21-18-15-12-9-6-3)68-62(65)56-53-50-47-44-41-38-34-29-26-23-20-17-14-11-8-5-2/h9,12,15,18,21,24,29-31,34,59H,4-8,10-11,13-14,16-17,19-20,22-23,25-28,32-33,35-58H2,1-3H3/b12-9-,18-15-,24-21-,31-30-,34-29-. The summed E-state index contributed by atoms with van der Waals surface area (Å²) in [5, 5.41) is 0. The van der Waals surface area contributed by atoms with Gasteiger partial charge in [-0.05, 0) is 89.9 Å². The number of rotatable bonds is 53. The fourth-order valence-corrected chi connectivity index (χ4v) is 8.37. The van der Waals surface area contributed by atoms with Gasteiger partial charge < -0.3 is 14.2 Å². The molecule has 0 spiro atoms. The minimum Gasteiger partial charge on any atom is -0.462 e. The lowest BCUT2D eigenvalue weighted by Gasteiger charge is -2.18. The SMILES string of the molecule is CC\C=C/C=C\C=C/CCCCCCCCCC(=O)OCC(COC(=O)CCCCCCCCC/C=C\CCCCCCCCCC)OC(=O)CCCCCCC/C=C\CCCCCCCCC. The highest BCUT2D eigenvalue weighted by molar-refractivity contribution is 5.71. The molecule has 0 aliphatic heterocycles. The summed E-state index contributed by atoms with van der Waals surface area (Å²) in [6, 6.07) is 0. The molecule has 0 N–H and O–H groups in total. The second-order valence-corrected chi connectivity index (χ2v) is 19.6. The summed E-state index contributed by atoms with van der Waals surface area (Å²) in [7, 11) is 0. The third-order valence-electron chi connectivity index (χ3n) is 12.8. The number of hydrogen-bond acceptors (Lipinski definition) is 6. The van der Waals surface area contributed by atoms with E-state index in [-0.39, 0.29) is 31.1 Å². The molecule has 0 heterocycles. The van der Waals surface area contributed by atoms with Crippen LogP contribution in [0.2, 0.25) is 0 Å².